The van der Waals surface area contributed by atoms with Crippen molar-refractivity contribution in [2.75, 3.05) is 6.61 Å². The van der Waals surface area contributed by atoms with E-state index >= 15 is 0 Å². The third-order valence-electron chi connectivity index (χ3n) is 5.42. The molecule has 0 aliphatic rings. The number of carbonyl (C=O) groups excluding carboxylic acids is 1. The molecule has 7 heteroatoms. The summed E-state index contributed by atoms with van der Waals surface area (Å²) in [5.74, 6) is 0.142. The predicted molar refractivity (Wildman–Crippen MR) is 131 cm³/mol. The molecule has 7 nitrogen and oxygen atoms in total. The van der Waals surface area contributed by atoms with Crippen LogP contribution in [0.1, 0.15) is 11.1 Å². The number of amides is 1. The lowest BCUT2D eigenvalue weighted by Gasteiger charge is -2.09. The number of aromatic nitrogens is 4. The first-order valence-electron chi connectivity index (χ1n) is 11.0. The molecule has 3 aromatic heterocycles. The Labute approximate surface area is 197 Å². The van der Waals surface area contributed by atoms with Crippen LogP contribution in [-0.4, -0.2) is 32.3 Å². The minimum absolute atomic E-state index is 0.136. The van der Waals surface area contributed by atoms with Crippen LogP contribution in [0, 0.1) is 6.92 Å². The maximum Gasteiger partial charge on any atom is 0.258 e. The van der Waals surface area contributed by atoms with Gasteiger partial charge in [0.1, 0.15) is 5.69 Å². The van der Waals surface area contributed by atoms with Gasteiger partial charge in [0.05, 0.1) is 11.1 Å². The van der Waals surface area contributed by atoms with E-state index < -0.39 is 0 Å². The fourth-order valence-electron chi connectivity index (χ4n) is 3.78. The molecule has 5 aromatic rings. The van der Waals surface area contributed by atoms with Crippen molar-refractivity contribution in [1.82, 2.24) is 25.1 Å². The lowest BCUT2D eigenvalue weighted by Crippen LogP contribution is -2.28. The molecule has 168 valence electrons. The van der Waals surface area contributed by atoms with E-state index in [2.05, 4.69) is 10.3 Å². The highest BCUT2D eigenvalue weighted by Gasteiger charge is 2.18. The fraction of sp³-hybridized carbons (Fsp3) is 0.111. The Bertz CT molecular complexity index is 1420. The first-order chi connectivity index (χ1) is 16.7. The molecular weight excluding hydrogens is 426 g/mol. The summed E-state index contributed by atoms with van der Waals surface area (Å²) in [7, 11) is 0. The summed E-state index contributed by atoms with van der Waals surface area (Å²) in [4.78, 5) is 21.1. The van der Waals surface area contributed by atoms with Gasteiger partial charge in [0, 0.05) is 30.6 Å². The molecular formula is C27H23N5O2. The van der Waals surface area contributed by atoms with E-state index in [1.807, 2.05) is 90.5 Å². The third kappa shape index (κ3) is 4.49. The summed E-state index contributed by atoms with van der Waals surface area (Å²) < 4.78 is 7.59. The summed E-state index contributed by atoms with van der Waals surface area (Å²) in [6.07, 6.45) is 3.41. The zero-order valence-corrected chi connectivity index (χ0v) is 18.7. The number of pyridine rings is 2. The van der Waals surface area contributed by atoms with E-state index in [1.165, 1.54) is 0 Å². The number of nitrogens with one attached hydrogen (secondary N) is 1. The van der Waals surface area contributed by atoms with Gasteiger partial charge in [0.2, 0.25) is 5.88 Å². The topological polar surface area (TPSA) is 81.9 Å². The highest BCUT2D eigenvalue weighted by Crippen LogP contribution is 2.33. The van der Waals surface area contributed by atoms with E-state index in [9.17, 15) is 4.79 Å². The van der Waals surface area contributed by atoms with Crippen LogP contribution in [0.3, 0.4) is 0 Å². The van der Waals surface area contributed by atoms with Gasteiger partial charge in [-0.3, -0.25) is 9.78 Å². The Morgan fingerprint density at radius 2 is 1.76 bits per heavy atom. The lowest BCUT2D eigenvalue weighted by atomic mass is 10.1. The Morgan fingerprint density at radius 1 is 1.00 bits per heavy atom. The van der Waals surface area contributed by atoms with Gasteiger partial charge in [0.15, 0.2) is 12.3 Å². The summed E-state index contributed by atoms with van der Waals surface area (Å²) in [6.45, 7) is 2.26. The summed E-state index contributed by atoms with van der Waals surface area (Å²) >= 11 is 0. The molecule has 0 aliphatic carbocycles. The third-order valence-corrected chi connectivity index (χ3v) is 5.42. The average Bonchev–Trinajstić information content (AvgIpc) is 3.28. The van der Waals surface area contributed by atoms with Gasteiger partial charge in [0.25, 0.3) is 5.91 Å². The quantitative estimate of drug-likeness (QED) is 0.396. The number of nitrogens with zero attached hydrogens (tertiary/aromatic N) is 4. The first kappa shape index (κ1) is 21.3. The van der Waals surface area contributed by atoms with Crippen molar-refractivity contribution in [3.05, 3.63) is 102 Å². The van der Waals surface area contributed by atoms with Gasteiger partial charge in [-0.2, -0.15) is 10.1 Å². The molecule has 0 saturated heterocycles. The van der Waals surface area contributed by atoms with E-state index in [1.54, 1.807) is 12.4 Å². The number of para-hydroxylation sites is 1. The van der Waals surface area contributed by atoms with E-state index in [0.29, 0.717) is 18.1 Å². The normalized spacial score (nSPS) is 10.9. The van der Waals surface area contributed by atoms with Crippen LogP contribution in [0.2, 0.25) is 0 Å². The van der Waals surface area contributed by atoms with E-state index in [4.69, 9.17) is 14.8 Å². The SMILES string of the molecule is Cc1cc(OCC(=O)NCc2cccnc2)nc2c1c(-c1ccccc1)nn2-c1ccccc1. The molecule has 0 spiro atoms. The second kappa shape index (κ2) is 9.54. The Hall–Kier alpha value is -4.52. The lowest BCUT2D eigenvalue weighted by molar-refractivity contribution is -0.123. The minimum atomic E-state index is -0.232. The van der Waals surface area contributed by atoms with Gasteiger partial charge in [-0.25, -0.2) is 4.68 Å². The number of aryl methyl sites for hydroxylation is 1. The molecule has 1 amide bonds. The van der Waals surface area contributed by atoms with Gasteiger partial charge >= 0.3 is 0 Å². The predicted octanol–water partition coefficient (Wildman–Crippen LogP) is 4.49. The van der Waals surface area contributed by atoms with Crippen LogP contribution in [0.25, 0.3) is 28.0 Å². The zero-order chi connectivity index (χ0) is 23.3. The first-order valence-corrected chi connectivity index (χ1v) is 11.0. The number of hydrogen-bond acceptors (Lipinski definition) is 5. The van der Waals surface area contributed by atoms with Crippen LogP contribution in [0.4, 0.5) is 0 Å². The number of ether oxygens (including phenoxy) is 1. The van der Waals surface area contributed by atoms with Crippen LogP contribution in [0.5, 0.6) is 5.88 Å². The van der Waals surface area contributed by atoms with Crippen molar-refractivity contribution in [3.63, 3.8) is 0 Å². The van der Waals surface area contributed by atoms with Crippen molar-refractivity contribution in [2.24, 2.45) is 0 Å². The molecule has 5 rings (SSSR count). The molecule has 0 saturated carbocycles. The molecule has 3 heterocycles. The molecule has 0 aliphatic heterocycles. The van der Waals surface area contributed by atoms with Crippen LogP contribution < -0.4 is 10.1 Å². The Balaban J connectivity index is 1.44. The highest BCUT2D eigenvalue weighted by atomic mass is 16.5. The van der Waals surface area contributed by atoms with Crippen molar-refractivity contribution >= 4 is 16.9 Å². The monoisotopic (exact) mass is 449 g/mol. The smallest absolute Gasteiger partial charge is 0.258 e. The molecule has 0 atom stereocenters. The maximum atomic E-state index is 12.3. The van der Waals surface area contributed by atoms with Gasteiger partial charge < -0.3 is 10.1 Å². The highest BCUT2D eigenvalue weighted by molar-refractivity contribution is 5.95. The number of benzene rings is 2. The van der Waals surface area contributed by atoms with E-state index in [0.717, 1.165) is 33.5 Å². The molecule has 2 aromatic carbocycles. The standard InChI is InChI=1S/C27H23N5O2/c1-19-15-24(34-18-23(33)29-17-20-9-8-14-28-16-20)30-27-25(19)26(21-10-4-2-5-11-21)31-32(27)22-12-6-3-7-13-22/h2-16H,17-18H2,1H3,(H,29,33). The second-order valence-electron chi connectivity index (χ2n) is 7.86. The van der Waals surface area contributed by atoms with Crippen LogP contribution >= 0.6 is 0 Å². The minimum Gasteiger partial charge on any atom is -0.468 e. The Kier molecular flexibility index (Phi) is 5.99. The summed E-state index contributed by atoms with van der Waals surface area (Å²) in [6, 6.07) is 25.5. The van der Waals surface area contributed by atoms with Gasteiger partial charge in [-0.1, -0.05) is 54.6 Å². The number of carbonyl (C=O) groups is 1. The summed E-state index contributed by atoms with van der Waals surface area (Å²) in [5.41, 5.74) is 5.33. The number of rotatable bonds is 7. The van der Waals surface area contributed by atoms with E-state index in [-0.39, 0.29) is 12.5 Å². The van der Waals surface area contributed by atoms with Crippen molar-refractivity contribution in [3.8, 4) is 22.8 Å². The second-order valence-corrected chi connectivity index (χ2v) is 7.86. The molecule has 0 bridgehead atoms. The molecule has 1 N–H and O–H groups in total. The maximum absolute atomic E-state index is 12.3. The largest absolute Gasteiger partial charge is 0.468 e. The van der Waals surface area contributed by atoms with Crippen molar-refractivity contribution in [2.45, 2.75) is 13.5 Å². The average molecular weight is 450 g/mol. The van der Waals surface area contributed by atoms with Crippen molar-refractivity contribution in [1.29, 1.82) is 0 Å². The Morgan fingerprint density at radius 3 is 2.50 bits per heavy atom. The fourth-order valence-corrected chi connectivity index (χ4v) is 3.78. The van der Waals surface area contributed by atoms with Gasteiger partial charge in [-0.05, 0) is 36.2 Å². The molecule has 34 heavy (non-hydrogen) atoms. The van der Waals surface area contributed by atoms with Crippen molar-refractivity contribution < 1.29 is 9.53 Å². The number of fused-ring (bicyclic) bond motifs is 1. The summed E-state index contributed by atoms with van der Waals surface area (Å²) in [5, 5.41) is 8.69. The molecule has 0 fully saturated rings. The van der Waals surface area contributed by atoms with Gasteiger partial charge in [-0.15, -0.1) is 0 Å². The molecule has 0 unspecified atom stereocenters. The van der Waals surface area contributed by atoms with Crippen LogP contribution in [0.15, 0.2) is 91.3 Å². The van der Waals surface area contributed by atoms with Crippen LogP contribution in [-0.2, 0) is 11.3 Å². The zero-order valence-electron chi connectivity index (χ0n) is 18.7. The number of hydrogen-bond donors (Lipinski definition) is 1. The molecule has 0 radical (unpaired) electrons.